The van der Waals surface area contributed by atoms with Crippen molar-refractivity contribution in [1.82, 2.24) is 10.2 Å². The van der Waals surface area contributed by atoms with Crippen LogP contribution in [0.1, 0.15) is 81.1 Å². The molecule has 2 heterocycles. The lowest BCUT2D eigenvalue weighted by Gasteiger charge is -2.41. The molecular weight excluding hydrogens is 643 g/mol. The number of carbonyl (C=O) groups is 1. The summed E-state index contributed by atoms with van der Waals surface area (Å²) in [6, 6.07) is 24.8. The largest absolute Gasteiger partial charge is 0.392 e. The maximum atomic E-state index is 12.0. The Labute approximate surface area is 287 Å². The van der Waals surface area contributed by atoms with Crippen LogP contribution in [0, 0.1) is 10.8 Å². The van der Waals surface area contributed by atoms with Gasteiger partial charge < -0.3 is 19.9 Å². The smallest absolute Gasteiger partial charge is 0.272 e. The van der Waals surface area contributed by atoms with Gasteiger partial charge in [0.15, 0.2) is 6.29 Å². The summed E-state index contributed by atoms with van der Waals surface area (Å²) in [6.45, 7) is 9.56. The quantitative estimate of drug-likeness (QED) is 0.234. The lowest BCUT2D eigenvalue weighted by Crippen LogP contribution is -2.42. The van der Waals surface area contributed by atoms with E-state index < -0.39 is 16.0 Å². The number of fused-ring (bicyclic) bond motifs is 2. The predicted molar refractivity (Wildman–Crippen MR) is 184 cm³/mol. The molecule has 0 aromatic heterocycles. The van der Waals surface area contributed by atoms with Gasteiger partial charge in [-0.15, -0.1) is 0 Å². The van der Waals surface area contributed by atoms with Crippen molar-refractivity contribution < 1.29 is 19.4 Å². The van der Waals surface area contributed by atoms with Crippen LogP contribution in [0.5, 0.6) is 0 Å². The lowest BCUT2D eigenvalue weighted by atomic mass is 9.65. The fourth-order valence-electron chi connectivity index (χ4n) is 8.06. The number of ether oxygens (including phenoxy) is 2. The van der Waals surface area contributed by atoms with Crippen molar-refractivity contribution in [2.75, 3.05) is 13.1 Å². The Hall–Kier alpha value is -2.16. The summed E-state index contributed by atoms with van der Waals surface area (Å²) in [5.41, 5.74) is 6.60. The Morgan fingerprint density at radius 1 is 0.935 bits per heavy atom. The van der Waals surface area contributed by atoms with Gasteiger partial charge in [0, 0.05) is 37.7 Å². The van der Waals surface area contributed by atoms with Crippen molar-refractivity contribution in [3.05, 3.63) is 95.1 Å². The first-order valence-electron chi connectivity index (χ1n) is 16.1. The van der Waals surface area contributed by atoms with E-state index in [1.807, 2.05) is 36.4 Å². The Morgan fingerprint density at radius 2 is 1.65 bits per heavy atom. The topological polar surface area (TPSA) is 71.0 Å². The van der Waals surface area contributed by atoms with Gasteiger partial charge in [0.05, 0.1) is 18.8 Å². The van der Waals surface area contributed by atoms with E-state index in [4.69, 9.17) is 44.3 Å². The second kappa shape index (κ2) is 13.4. The van der Waals surface area contributed by atoms with Crippen molar-refractivity contribution in [2.45, 2.75) is 87.9 Å². The van der Waals surface area contributed by atoms with Crippen LogP contribution < -0.4 is 5.32 Å². The zero-order chi connectivity index (χ0) is 32.7. The number of rotatable bonds is 8. The lowest BCUT2D eigenvalue weighted by molar-refractivity contribution is -0.253. The molecule has 46 heavy (non-hydrogen) atoms. The number of hydrogen-bond acceptors (Lipinski definition) is 5. The summed E-state index contributed by atoms with van der Waals surface area (Å²) in [6.07, 6.45) is 3.92. The number of amides is 1. The first kappa shape index (κ1) is 33.7. The van der Waals surface area contributed by atoms with E-state index in [2.05, 4.69) is 67.4 Å². The summed E-state index contributed by atoms with van der Waals surface area (Å²) < 4.78 is 11.4. The fraction of sp³-hybridized carbons (Fsp3) is 0.486. The normalized spacial score (nSPS) is 27.8. The zero-order valence-electron chi connectivity index (χ0n) is 26.6. The van der Waals surface area contributed by atoms with Crippen LogP contribution in [-0.4, -0.2) is 44.9 Å². The Kier molecular flexibility index (Phi) is 9.82. The Morgan fingerprint density at radius 3 is 2.35 bits per heavy atom. The van der Waals surface area contributed by atoms with Gasteiger partial charge >= 0.3 is 0 Å². The molecule has 2 N–H and O–H groups in total. The molecule has 3 fully saturated rings. The Balaban J connectivity index is 1.19. The van der Waals surface area contributed by atoms with Gasteiger partial charge in [0.1, 0.15) is 0 Å². The van der Waals surface area contributed by atoms with Gasteiger partial charge in [-0.3, -0.25) is 9.69 Å². The van der Waals surface area contributed by atoms with E-state index in [0.717, 1.165) is 52.9 Å². The van der Waals surface area contributed by atoms with Crippen LogP contribution in [-0.2, 0) is 27.4 Å². The zero-order valence-corrected chi connectivity index (χ0v) is 28.9. The molecule has 1 saturated carbocycles. The van der Waals surface area contributed by atoms with Gasteiger partial charge in [0.25, 0.3) is 9.70 Å². The van der Waals surface area contributed by atoms with E-state index in [9.17, 15) is 9.90 Å². The van der Waals surface area contributed by atoms with Gasteiger partial charge in [-0.2, -0.15) is 0 Å². The molecule has 2 aliphatic heterocycles. The third kappa shape index (κ3) is 7.92. The average Bonchev–Trinajstić information content (AvgIpc) is 3.26. The molecule has 3 aliphatic rings. The Bertz CT molecular complexity index is 1520. The molecule has 0 radical (unpaired) electrons. The molecular formula is C37H43Cl3N2O4. The minimum absolute atomic E-state index is 0.0183. The first-order chi connectivity index (χ1) is 21.8. The summed E-state index contributed by atoms with van der Waals surface area (Å²) in [5.74, 6) is -0.661. The second-order valence-corrected chi connectivity index (χ2v) is 16.8. The predicted octanol–water partition coefficient (Wildman–Crippen LogP) is 8.28. The second-order valence-electron chi connectivity index (χ2n) is 14.5. The van der Waals surface area contributed by atoms with E-state index in [0.29, 0.717) is 16.9 Å². The highest BCUT2D eigenvalue weighted by atomic mass is 35.6. The number of nitrogens with zero attached hydrogens (tertiary/aromatic N) is 1. The standard InChI is InChI=1S/C37H43Cl3N2O4/c1-35(2)17-30-18-36(3,22-35)23-42(30)20-31-16-32(27-9-7-24(21-43)8-10-27)46-33(45-31)28-13-11-26(12-14-28)29-6-4-5-25(15-29)19-41-34(44)37(38,39)40/h4-15,30-33,43H,16-23H2,1-3H3,(H,41,44). The summed E-state index contributed by atoms with van der Waals surface area (Å²) >= 11 is 17.1. The number of carbonyl (C=O) groups excluding carboxylic acids is 1. The molecule has 1 aliphatic carbocycles. The van der Waals surface area contributed by atoms with E-state index in [1.54, 1.807) is 0 Å². The number of aliphatic hydroxyl groups is 1. The summed E-state index contributed by atoms with van der Waals surface area (Å²) in [7, 11) is 0. The number of aliphatic hydroxyl groups excluding tert-OH is 1. The van der Waals surface area contributed by atoms with Crippen molar-refractivity contribution in [1.29, 1.82) is 0 Å². The molecule has 9 heteroatoms. The molecule has 3 aromatic carbocycles. The number of benzene rings is 3. The van der Waals surface area contributed by atoms with Crippen LogP contribution in [0.2, 0.25) is 0 Å². The number of nitrogens with one attached hydrogen (secondary N) is 1. The number of alkyl halides is 3. The van der Waals surface area contributed by atoms with Crippen molar-refractivity contribution >= 4 is 40.7 Å². The maximum absolute atomic E-state index is 12.0. The van der Waals surface area contributed by atoms with Crippen LogP contribution >= 0.6 is 34.8 Å². The highest BCUT2D eigenvalue weighted by Gasteiger charge is 2.50. The number of hydrogen-bond donors (Lipinski definition) is 2. The average molecular weight is 686 g/mol. The van der Waals surface area contributed by atoms with Crippen LogP contribution in [0.25, 0.3) is 11.1 Å². The van der Waals surface area contributed by atoms with Gasteiger partial charge in [-0.05, 0) is 64.0 Å². The van der Waals surface area contributed by atoms with Crippen molar-refractivity contribution in [2.24, 2.45) is 10.8 Å². The van der Waals surface area contributed by atoms with Gasteiger partial charge in [0.2, 0.25) is 0 Å². The molecule has 6 rings (SSSR count). The number of halogens is 3. The minimum Gasteiger partial charge on any atom is -0.392 e. The van der Waals surface area contributed by atoms with Crippen molar-refractivity contribution in [3.8, 4) is 11.1 Å². The third-order valence-electron chi connectivity index (χ3n) is 9.73. The molecule has 3 aromatic rings. The summed E-state index contributed by atoms with van der Waals surface area (Å²) in [4.78, 5) is 14.7. The van der Waals surface area contributed by atoms with Crippen LogP contribution in [0.15, 0.2) is 72.8 Å². The van der Waals surface area contributed by atoms with Gasteiger partial charge in [-0.1, -0.05) is 122 Å². The molecule has 6 nitrogen and oxygen atoms in total. The third-order valence-corrected chi connectivity index (χ3v) is 10.2. The SMILES string of the molecule is CC1(C)CC2CC(C)(CN2CC2CC(c3ccc(CO)cc3)OC(c3ccc(-c4cccc(CNC(=O)C(Cl)(Cl)Cl)c4)cc3)O2)C1. The molecule has 0 spiro atoms. The number of likely N-dealkylation sites (tertiary alicyclic amines) is 1. The van der Waals surface area contributed by atoms with Crippen LogP contribution in [0.3, 0.4) is 0 Å². The molecule has 2 saturated heterocycles. The highest BCUT2D eigenvalue weighted by molar-refractivity contribution is 6.76. The van der Waals surface area contributed by atoms with E-state index in [1.165, 1.54) is 19.3 Å². The van der Waals surface area contributed by atoms with Gasteiger partial charge in [-0.25, -0.2) is 0 Å². The maximum Gasteiger partial charge on any atom is 0.272 e. The van der Waals surface area contributed by atoms with Crippen LogP contribution in [0.4, 0.5) is 0 Å². The minimum atomic E-state index is -2.00. The van der Waals surface area contributed by atoms with Crippen molar-refractivity contribution in [3.63, 3.8) is 0 Å². The molecule has 246 valence electrons. The molecule has 5 unspecified atom stereocenters. The monoisotopic (exact) mass is 684 g/mol. The van der Waals surface area contributed by atoms with E-state index >= 15 is 0 Å². The summed E-state index contributed by atoms with van der Waals surface area (Å²) in [5, 5.41) is 12.2. The van der Waals surface area contributed by atoms with E-state index in [-0.39, 0.29) is 25.4 Å². The molecule has 5 atom stereocenters. The highest BCUT2D eigenvalue weighted by Crippen LogP contribution is 2.53. The fourth-order valence-corrected chi connectivity index (χ4v) is 8.26. The molecule has 2 bridgehead atoms. The molecule has 1 amide bonds. The first-order valence-corrected chi connectivity index (χ1v) is 17.2.